The first-order chi connectivity index (χ1) is 11.7. The summed E-state index contributed by atoms with van der Waals surface area (Å²) in [6, 6.07) is 6.57. The van der Waals surface area contributed by atoms with Crippen LogP contribution in [-0.2, 0) is 4.74 Å². The molecule has 0 saturated carbocycles. The lowest BCUT2D eigenvalue weighted by molar-refractivity contribution is -0.00116. The van der Waals surface area contributed by atoms with Crippen LogP contribution in [-0.4, -0.2) is 36.1 Å². The molecule has 24 heavy (non-hydrogen) atoms. The first-order valence-electron chi connectivity index (χ1n) is 9.33. The summed E-state index contributed by atoms with van der Waals surface area (Å²) >= 11 is 0. The molecule has 4 nitrogen and oxygen atoms in total. The van der Waals surface area contributed by atoms with E-state index < -0.39 is 6.10 Å². The van der Waals surface area contributed by atoms with Crippen molar-refractivity contribution in [3.8, 4) is 11.5 Å². The third kappa shape index (κ3) is 9.78. The highest BCUT2D eigenvalue weighted by Crippen LogP contribution is 2.18. The van der Waals surface area contributed by atoms with Gasteiger partial charge in [0.1, 0.15) is 24.2 Å². The van der Waals surface area contributed by atoms with Crippen molar-refractivity contribution in [3.63, 3.8) is 0 Å². The van der Waals surface area contributed by atoms with E-state index in [0.717, 1.165) is 6.42 Å². The second-order valence-electron chi connectivity index (χ2n) is 6.48. The summed E-state index contributed by atoms with van der Waals surface area (Å²) in [7, 11) is 0. The van der Waals surface area contributed by atoms with Gasteiger partial charge in [0.25, 0.3) is 0 Å². The van der Waals surface area contributed by atoms with Crippen LogP contribution in [0.1, 0.15) is 58.8 Å². The fourth-order valence-corrected chi connectivity index (χ4v) is 2.63. The minimum absolute atomic E-state index is 0.156. The zero-order valence-electron chi connectivity index (χ0n) is 15.2. The molecule has 0 spiro atoms. The number of unbranched alkanes of at least 4 members (excludes halogenated alkanes) is 4. The minimum Gasteiger partial charge on any atom is -0.508 e. The molecule has 1 rings (SSSR count). The predicted molar refractivity (Wildman–Crippen MR) is 97.6 cm³/mol. The molecule has 1 aromatic carbocycles. The maximum Gasteiger partial charge on any atom is 0.123 e. The van der Waals surface area contributed by atoms with E-state index in [1.54, 1.807) is 18.2 Å². The second-order valence-corrected chi connectivity index (χ2v) is 6.48. The Hall–Kier alpha value is -1.26. The topological polar surface area (TPSA) is 58.9 Å². The van der Waals surface area contributed by atoms with Gasteiger partial charge in [0, 0.05) is 12.7 Å². The monoisotopic (exact) mass is 338 g/mol. The summed E-state index contributed by atoms with van der Waals surface area (Å²) in [6.45, 7) is 5.58. The Morgan fingerprint density at radius 3 is 2.50 bits per heavy atom. The predicted octanol–water partition coefficient (Wildman–Crippen LogP) is 4.54. The number of benzene rings is 1. The minimum atomic E-state index is -0.658. The summed E-state index contributed by atoms with van der Waals surface area (Å²) in [6.07, 6.45) is 8.19. The van der Waals surface area contributed by atoms with Gasteiger partial charge in [-0.2, -0.15) is 0 Å². The average molecular weight is 338 g/mol. The van der Waals surface area contributed by atoms with E-state index in [0.29, 0.717) is 18.3 Å². The number of ether oxygens (including phenoxy) is 2. The van der Waals surface area contributed by atoms with Gasteiger partial charge in [-0.3, -0.25) is 0 Å². The van der Waals surface area contributed by atoms with Crippen LogP contribution < -0.4 is 4.74 Å². The van der Waals surface area contributed by atoms with Crippen molar-refractivity contribution >= 4 is 0 Å². The zero-order chi connectivity index (χ0) is 17.6. The van der Waals surface area contributed by atoms with Crippen LogP contribution in [0.4, 0.5) is 0 Å². The quantitative estimate of drug-likeness (QED) is 0.489. The van der Waals surface area contributed by atoms with Crippen LogP contribution in [0.2, 0.25) is 0 Å². The van der Waals surface area contributed by atoms with E-state index in [2.05, 4.69) is 13.8 Å². The van der Waals surface area contributed by atoms with Gasteiger partial charge in [0.15, 0.2) is 0 Å². The summed E-state index contributed by atoms with van der Waals surface area (Å²) in [5.41, 5.74) is 0. The summed E-state index contributed by atoms with van der Waals surface area (Å²) in [5, 5.41) is 19.3. The molecule has 0 aliphatic carbocycles. The smallest absolute Gasteiger partial charge is 0.123 e. The maximum absolute atomic E-state index is 9.93. The molecule has 0 heterocycles. The Morgan fingerprint density at radius 1 is 1.00 bits per heavy atom. The molecule has 0 amide bonds. The molecule has 0 radical (unpaired) electrons. The molecule has 0 aromatic heterocycles. The standard InChI is InChI=1S/C20H34O4/c1-3-5-6-7-8-10-17(4-2)14-23-15-19(22)16-24-20-12-9-11-18(21)13-20/h9,11-13,17,19,21-22H,3-8,10,14-16H2,1-2H3. The van der Waals surface area contributed by atoms with Gasteiger partial charge in [-0.05, 0) is 24.5 Å². The lowest BCUT2D eigenvalue weighted by Crippen LogP contribution is -2.25. The number of aliphatic hydroxyl groups excluding tert-OH is 1. The van der Waals surface area contributed by atoms with Gasteiger partial charge in [0.05, 0.1) is 6.61 Å². The Kier molecular flexibility index (Phi) is 11.3. The molecule has 4 heteroatoms. The molecule has 0 bridgehead atoms. The molecule has 138 valence electrons. The summed E-state index contributed by atoms with van der Waals surface area (Å²) in [4.78, 5) is 0. The van der Waals surface area contributed by atoms with Gasteiger partial charge >= 0.3 is 0 Å². The van der Waals surface area contributed by atoms with Crippen molar-refractivity contribution in [2.75, 3.05) is 19.8 Å². The first-order valence-corrected chi connectivity index (χ1v) is 9.33. The van der Waals surface area contributed by atoms with Crippen LogP contribution in [0.5, 0.6) is 11.5 Å². The molecule has 2 atom stereocenters. The Bertz CT molecular complexity index is 422. The number of rotatable bonds is 14. The molecule has 0 aliphatic heterocycles. The lowest BCUT2D eigenvalue weighted by atomic mass is 9.99. The highest BCUT2D eigenvalue weighted by Gasteiger charge is 2.10. The molecule has 0 saturated heterocycles. The van der Waals surface area contributed by atoms with E-state index >= 15 is 0 Å². The van der Waals surface area contributed by atoms with E-state index in [1.807, 2.05) is 0 Å². The highest BCUT2D eigenvalue weighted by molar-refractivity contribution is 5.31. The molecular weight excluding hydrogens is 304 g/mol. The molecule has 0 fully saturated rings. The van der Waals surface area contributed by atoms with Crippen LogP contribution in [0.15, 0.2) is 24.3 Å². The Balaban J connectivity index is 2.10. The summed E-state index contributed by atoms with van der Waals surface area (Å²) in [5.74, 6) is 1.28. The third-order valence-electron chi connectivity index (χ3n) is 4.22. The zero-order valence-corrected chi connectivity index (χ0v) is 15.2. The van der Waals surface area contributed by atoms with Crippen LogP contribution in [0.3, 0.4) is 0 Å². The van der Waals surface area contributed by atoms with E-state index in [9.17, 15) is 10.2 Å². The molecule has 1 aromatic rings. The average Bonchev–Trinajstić information content (AvgIpc) is 2.58. The van der Waals surface area contributed by atoms with Gasteiger partial charge in [-0.1, -0.05) is 58.4 Å². The largest absolute Gasteiger partial charge is 0.508 e. The second kappa shape index (κ2) is 13.1. The van der Waals surface area contributed by atoms with Gasteiger partial charge < -0.3 is 19.7 Å². The number of phenols is 1. The fraction of sp³-hybridized carbons (Fsp3) is 0.700. The number of aliphatic hydroxyl groups is 1. The van der Waals surface area contributed by atoms with Crippen LogP contribution in [0.25, 0.3) is 0 Å². The third-order valence-corrected chi connectivity index (χ3v) is 4.22. The molecule has 2 N–H and O–H groups in total. The highest BCUT2D eigenvalue weighted by atomic mass is 16.5. The van der Waals surface area contributed by atoms with Crippen LogP contribution in [0, 0.1) is 5.92 Å². The van der Waals surface area contributed by atoms with Gasteiger partial charge in [-0.25, -0.2) is 0 Å². The van der Waals surface area contributed by atoms with Crippen molar-refractivity contribution in [2.24, 2.45) is 5.92 Å². The lowest BCUT2D eigenvalue weighted by Gasteiger charge is -2.17. The van der Waals surface area contributed by atoms with E-state index in [1.165, 1.54) is 44.6 Å². The number of aromatic hydroxyl groups is 1. The maximum atomic E-state index is 9.93. The summed E-state index contributed by atoms with van der Waals surface area (Å²) < 4.78 is 11.1. The first kappa shape index (κ1) is 20.8. The molecular formula is C20H34O4. The number of phenolic OH excluding ortho intramolecular Hbond substituents is 1. The van der Waals surface area contributed by atoms with Crippen molar-refractivity contribution in [1.82, 2.24) is 0 Å². The van der Waals surface area contributed by atoms with Crippen molar-refractivity contribution in [1.29, 1.82) is 0 Å². The normalized spacial score (nSPS) is 13.6. The van der Waals surface area contributed by atoms with E-state index in [4.69, 9.17) is 9.47 Å². The van der Waals surface area contributed by atoms with Gasteiger partial charge in [-0.15, -0.1) is 0 Å². The SMILES string of the molecule is CCCCCCCC(CC)COCC(O)COc1cccc(O)c1. The molecule has 2 unspecified atom stereocenters. The van der Waals surface area contributed by atoms with E-state index in [-0.39, 0.29) is 19.0 Å². The number of hydrogen-bond acceptors (Lipinski definition) is 4. The Morgan fingerprint density at radius 2 is 1.79 bits per heavy atom. The molecule has 0 aliphatic rings. The number of hydrogen-bond donors (Lipinski definition) is 2. The fourth-order valence-electron chi connectivity index (χ4n) is 2.63. The Labute approximate surface area is 146 Å². The van der Waals surface area contributed by atoms with Crippen molar-refractivity contribution in [3.05, 3.63) is 24.3 Å². The van der Waals surface area contributed by atoms with Gasteiger partial charge in [0.2, 0.25) is 0 Å². The van der Waals surface area contributed by atoms with Crippen molar-refractivity contribution < 1.29 is 19.7 Å². The van der Waals surface area contributed by atoms with Crippen LogP contribution >= 0.6 is 0 Å². The van der Waals surface area contributed by atoms with Crippen molar-refractivity contribution in [2.45, 2.75) is 64.9 Å².